The molecular formula is C19H20N2O2. The molecule has 0 unspecified atom stereocenters. The van der Waals surface area contributed by atoms with Gasteiger partial charge in [-0.05, 0) is 24.5 Å². The number of amides is 3. The minimum atomic E-state index is -0.955. The third-order valence-electron chi connectivity index (χ3n) is 4.43. The molecule has 1 atom stereocenters. The van der Waals surface area contributed by atoms with E-state index in [-0.39, 0.29) is 11.9 Å². The van der Waals surface area contributed by atoms with Crippen molar-refractivity contribution >= 4 is 11.9 Å². The average Bonchev–Trinajstić information content (AvgIpc) is 2.83. The van der Waals surface area contributed by atoms with Crippen molar-refractivity contribution in [2.75, 3.05) is 0 Å². The molecule has 0 saturated carbocycles. The SMILES string of the molecule is CC[C@]1(c2ccccc2)NC(=O)N(Cc2ccc(C)cc2)C1=O. The minimum Gasteiger partial charge on any atom is -0.319 e. The predicted octanol–water partition coefficient (Wildman–Crippen LogP) is 3.35. The third-order valence-corrected chi connectivity index (χ3v) is 4.43. The van der Waals surface area contributed by atoms with Gasteiger partial charge in [-0.25, -0.2) is 4.79 Å². The van der Waals surface area contributed by atoms with Crippen molar-refractivity contribution in [3.05, 3.63) is 71.3 Å². The van der Waals surface area contributed by atoms with Gasteiger partial charge in [0.25, 0.3) is 5.91 Å². The first-order chi connectivity index (χ1) is 11.1. The lowest BCUT2D eigenvalue weighted by Gasteiger charge is -2.25. The molecule has 1 heterocycles. The van der Waals surface area contributed by atoms with Crippen LogP contribution in [0.15, 0.2) is 54.6 Å². The highest BCUT2D eigenvalue weighted by Gasteiger charge is 2.50. The fourth-order valence-corrected chi connectivity index (χ4v) is 3.01. The summed E-state index contributed by atoms with van der Waals surface area (Å²) in [7, 11) is 0. The Bertz CT molecular complexity index is 725. The molecule has 3 amide bonds. The van der Waals surface area contributed by atoms with Gasteiger partial charge in [-0.1, -0.05) is 67.1 Å². The van der Waals surface area contributed by atoms with Crippen molar-refractivity contribution < 1.29 is 9.59 Å². The highest BCUT2D eigenvalue weighted by atomic mass is 16.2. The number of aryl methyl sites for hydroxylation is 1. The van der Waals surface area contributed by atoms with Crippen LogP contribution in [0.3, 0.4) is 0 Å². The normalized spacial score (nSPS) is 20.7. The number of nitrogens with one attached hydrogen (secondary N) is 1. The van der Waals surface area contributed by atoms with Gasteiger partial charge in [0.15, 0.2) is 0 Å². The van der Waals surface area contributed by atoms with Gasteiger partial charge in [-0.3, -0.25) is 9.69 Å². The van der Waals surface area contributed by atoms with Crippen molar-refractivity contribution in [2.45, 2.75) is 32.4 Å². The number of rotatable bonds is 4. The summed E-state index contributed by atoms with van der Waals surface area (Å²) < 4.78 is 0. The largest absolute Gasteiger partial charge is 0.325 e. The Morgan fingerprint density at radius 3 is 2.26 bits per heavy atom. The maximum absolute atomic E-state index is 13.0. The van der Waals surface area contributed by atoms with Crippen LogP contribution in [0.4, 0.5) is 4.79 Å². The Morgan fingerprint density at radius 1 is 1.00 bits per heavy atom. The molecule has 118 valence electrons. The molecule has 23 heavy (non-hydrogen) atoms. The van der Waals surface area contributed by atoms with E-state index in [2.05, 4.69) is 5.32 Å². The second-order valence-corrected chi connectivity index (χ2v) is 5.93. The molecule has 0 aliphatic carbocycles. The molecule has 4 heteroatoms. The molecule has 0 spiro atoms. The van der Waals surface area contributed by atoms with Gasteiger partial charge in [0.1, 0.15) is 5.54 Å². The Kier molecular flexibility index (Phi) is 3.90. The highest BCUT2D eigenvalue weighted by molar-refractivity contribution is 6.07. The lowest BCUT2D eigenvalue weighted by atomic mass is 9.87. The van der Waals surface area contributed by atoms with Crippen LogP contribution in [0, 0.1) is 6.92 Å². The summed E-state index contributed by atoms with van der Waals surface area (Å²) in [6.45, 7) is 4.22. The van der Waals surface area contributed by atoms with E-state index in [9.17, 15) is 9.59 Å². The maximum Gasteiger partial charge on any atom is 0.325 e. The number of carbonyl (C=O) groups is 2. The molecule has 2 aromatic rings. The maximum atomic E-state index is 13.0. The van der Waals surface area contributed by atoms with E-state index in [1.807, 2.05) is 68.4 Å². The van der Waals surface area contributed by atoms with Crippen molar-refractivity contribution in [3.63, 3.8) is 0 Å². The lowest BCUT2D eigenvalue weighted by molar-refractivity contribution is -0.132. The molecule has 4 nitrogen and oxygen atoms in total. The van der Waals surface area contributed by atoms with Gasteiger partial charge in [0.2, 0.25) is 0 Å². The van der Waals surface area contributed by atoms with Crippen LogP contribution in [0.25, 0.3) is 0 Å². The van der Waals surface area contributed by atoms with Crippen molar-refractivity contribution in [1.82, 2.24) is 10.2 Å². The van der Waals surface area contributed by atoms with E-state index in [1.54, 1.807) is 0 Å². The van der Waals surface area contributed by atoms with Crippen molar-refractivity contribution in [3.8, 4) is 0 Å². The molecule has 3 rings (SSSR count). The number of imide groups is 1. The summed E-state index contributed by atoms with van der Waals surface area (Å²) in [6.07, 6.45) is 0.520. The average molecular weight is 308 g/mol. The van der Waals surface area contributed by atoms with Crippen LogP contribution >= 0.6 is 0 Å². The zero-order chi connectivity index (χ0) is 16.4. The number of hydrogen-bond donors (Lipinski definition) is 1. The second kappa shape index (κ2) is 5.88. The molecule has 1 aliphatic heterocycles. The quantitative estimate of drug-likeness (QED) is 0.881. The van der Waals surface area contributed by atoms with Gasteiger partial charge in [-0.15, -0.1) is 0 Å². The predicted molar refractivity (Wildman–Crippen MR) is 88.7 cm³/mol. The summed E-state index contributed by atoms with van der Waals surface area (Å²) in [6, 6.07) is 17.0. The minimum absolute atomic E-state index is 0.184. The van der Waals surface area contributed by atoms with Crippen molar-refractivity contribution in [1.29, 1.82) is 0 Å². The van der Waals surface area contributed by atoms with E-state index < -0.39 is 5.54 Å². The summed E-state index contributed by atoms with van der Waals surface area (Å²) in [5.41, 5.74) is 1.97. The van der Waals surface area contributed by atoms with Crippen LogP contribution in [0.5, 0.6) is 0 Å². The first kappa shape index (κ1) is 15.3. The topological polar surface area (TPSA) is 49.4 Å². The Hall–Kier alpha value is -2.62. The van der Waals surface area contributed by atoms with Gasteiger partial charge in [0, 0.05) is 0 Å². The van der Waals surface area contributed by atoms with Crippen molar-refractivity contribution in [2.24, 2.45) is 0 Å². The van der Waals surface area contributed by atoms with E-state index in [0.717, 1.165) is 16.7 Å². The highest BCUT2D eigenvalue weighted by Crippen LogP contribution is 2.33. The molecule has 1 saturated heterocycles. The van der Waals surface area contributed by atoms with E-state index in [4.69, 9.17) is 0 Å². The smallest absolute Gasteiger partial charge is 0.319 e. The molecule has 1 fully saturated rings. The molecule has 0 radical (unpaired) electrons. The van der Waals surface area contributed by atoms with Gasteiger partial charge in [-0.2, -0.15) is 0 Å². The summed E-state index contributed by atoms with van der Waals surface area (Å²) in [5, 5.41) is 2.90. The molecule has 1 aliphatic rings. The Morgan fingerprint density at radius 2 is 1.65 bits per heavy atom. The molecule has 2 aromatic carbocycles. The fourth-order valence-electron chi connectivity index (χ4n) is 3.01. The Balaban J connectivity index is 1.91. The van der Waals surface area contributed by atoms with Gasteiger partial charge < -0.3 is 5.32 Å². The second-order valence-electron chi connectivity index (χ2n) is 5.93. The summed E-state index contributed by atoms with van der Waals surface area (Å²) in [4.78, 5) is 26.7. The molecule has 0 aromatic heterocycles. The molecular weight excluding hydrogens is 288 g/mol. The van der Waals surface area contributed by atoms with Crippen LogP contribution < -0.4 is 5.32 Å². The van der Waals surface area contributed by atoms with Gasteiger partial charge >= 0.3 is 6.03 Å². The zero-order valence-electron chi connectivity index (χ0n) is 13.4. The van der Waals surface area contributed by atoms with E-state index in [0.29, 0.717) is 13.0 Å². The Labute approximate surface area is 136 Å². The molecule has 0 bridgehead atoms. The molecule has 1 N–H and O–H groups in total. The van der Waals surface area contributed by atoms with E-state index >= 15 is 0 Å². The number of nitrogens with zero attached hydrogens (tertiary/aromatic N) is 1. The van der Waals surface area contributed by atoms with Crippen LogP contribution in [0.1, 0.15) is 30.0 Å². The first-order valence-corrected chi connectivity index (χ1v) is 7.82. The summed E-state index contributed by atoms with van der Waals surface area (Å²) in [5.74, 6) is -0.184. The fraction of sp³-hybridized carbons (Fsp3) is 0.263. The first-order valence-electron chi connectivity index (χ1n) is 7.82. The summed E-state index contributed by atoms with van der Waals surface area (Å²) >= 11 is 0. The lowest BCUT2D eigenvalue weighted by Crippen LogP contribution is -2.43. The number of hydrogen-bond acceptors (Lipinski definition) is 2. The van der Waals surface area contributed by atoms with Crippen LogP contribution in [0.2, 0.25) is 0 Å². The number of benzene rings is 2. The number of carbonyl (C=O) groups excluding carboxylic acids is 2. The van der Waals surface area contributed by atoms with Crippen LogP contribution in [-0.4, -0.2) is 16.8 Å². The van der Waals surface area contributed by atoms with Crippen LogP contribution in [-0.2, 0) is 16.9 Å². The zero-order valence-corrected chi connectivity index (χ0v) is 13.4. The third kappa shape index (κ3) is 2.61. The standard InChI is InChI=1S/C19H20N2O2/c1-3-19(16-7-5-4-6-8-16)17(22)21(18(23)20-19)13-15-11-9-14(2)10-12-15/h4-12H,3,13H2,1-2H3,(H,20,23)/t19-/m1/s1. The monoisotopic (exact) mass is 308 g/mol. The van der Waals surface area contributed by atoms with Gasteiger partial charge in [0.05, 0.1) is 6.54 Å². The number of urea groups is 1. The van der Waals surface area contributed by atoms with E-state index in [1.165, 1.54) is 4.90 Å².